The third-order valence-corrected chi connectivity index (χ3v) is 6.00. The van der Waals surface area contributed by atoms with Gasteiger partial charge in [-0.3, -0.25) is 9.59 Å². The molecule has 1 saturated heterocycles. The number of esters is 1. The highest BCUT2D eigenvalue weighted by Crippen LogP contribution is 2.25. The van der Waals surface area contributed by atoms with Crippen LogP contribution in [0, 0.1) is 5.92 Å². The lowest BCUT2D eigenvalue weighted by Crippen LogP contribution is -2.41. The van der Waals surface area contributed by atoms with E-state index in [-0.39, 0.29) is 18.9 Å². The van der Waals surface area contributed by atoms with Crippen LogP contribution >= 0.6 is 11.6 Å². The van der Waals surface area contributed by atoms with Crippen molar-refractivity contribution in [2.75, 3.05) is 19.7 Å². The van der Waals surface area contributed by atoms with E-state index in [9.17, 15) is 14.4 Å². The Balaban J connectivity index is 1.45. The van der Waals surface area contributed by atoms with Crippen LogP contribution in [0.4, 0.5) is 4.79 Å². The second-order valence-electron chi connectivity index (χ2n) is 7.96. The number of urea groups is 1. The lowest BCUT2D eigenvalue weighted by molar-refractivity contribution is -0.153. The number of primary amides is 1. The molecule has 1 aliphatic rings. The number of piperidine rings is 1. The monoisotopic (exact) mass is 457 g/mol. The first-order valence-corrected chi connectivity index (χ1v) is 11.1. The fourth-order valence-corrected chi connectivity index (χ4v) is 4.23. The van der Waals surface area contributed by atoms with Crippen LogP contribution in [0.3, 0.4) is 0 Å². The van der Waals surface area contributed by atoms with Gasteiger partial charge in [-0.2, -0.15) is 0 Å². The van der Waals surface area contributed by atoms with Crippen LogP contribution < -0.4 is 11.1 Å². The predicted octanol–water partition coefficient (Wildman–Crippen LogP) is 3.46. The van der Waals surface area contributed by atoms with Crippen LogP contribution in [0.1, 0.15) is 36.4 Å². The van der Waals surface area contributed by atoms with Crippen LogP contribution in [-0.4, -0.2) is 42.5 Å². The molecule has 0 spiro atoms. The second kappa shape index (κ2) is 11.5. The normalized spacial score (nSPS) is 15.1. The molecule has 2 aromatic rings. The third-order valence-electron chi connectivity index (χ3n) is 5.66. The number of hydrogen-bond donors (Lipinski definition) is 2. The van der Waals surface area contributed by atoms with Gasteiger partial charge in [0.25, 0.3) is 5.91 Å². The first-order chi connectivity index (χ1) is 15.4. The number of hydrogen-bond acceptors (Lipinski definition) is 4. The Morgan fingerprint density at radius 2 is 1.72 bits per heavy atom. The number of nitrogens with zero attached hydrogens (tertiary/aromatic N) is 1. The fourth-order valence-electron chi connectivity index (χ4n) is 3.96. The molecule has 1 heterocycles. The number of amides is 3. The molecule has 3 N–H and O–H groups in total. The minimum atomic E-state index is -0.780. The van der Waals surface area contributed by atoms with Gasteiger partial charge < -0.3 is 20.7 Å². The summed E-state index contributed by atoms with van der Waals surface area (Å²) >= 11 is 6.17. The molecule has 0 radical (unpaired) electrons. The Hall–Kier alpha value is -3.06. The maximum atomic E-state index is 12.5. The summed E-state index contributed by atoms with van der Waals surface area (Å²) < 4.78 is 5.19. The lowest BCUT2D eigenvalue weighted by Gasteiger charge is -2.32. The summed E-state index contributed by atoms with van der Waals surface area (Å²) in [6, 6.07) is 15.7. The molecule has 170 valence electrons. The predicted molar refractivity (Wildman–Crippen MR) is 122 cm³/mol. The van der Waals surface area contributed by atoms with Crippen molar-refractivity contribution >= 4 is 29.5 Å². The highest BCUT2D eigenvalue weighted by atomic mass is 35.5. The summed E-state index contributed by atoms with van der Waals surface area (Å²) in [4.78, 5) is 37.9. The molecule has 3 rings (SSSR count). The number of benzene rings is 2. The zero-order valence-electron chi connectivity index (χ0n) is 17.8. The minimum Gasteiger partial charge on any atom is -0.455 e. The van der Waals surface area contributed by atoms with Gasteiger partial charge in [0.2, 0.25) is 0 Å². The molecule has 1 atom stereocenters. The van der Waals surface area contributed by atoms with E-state index < -0.39 is 18.0 Å². The quantitative estimate of drug-likeness (QED) is 0.592. The van der Waals surface area contributed by atoms with Crippen LogP contribution in [0.5, 0.6) is 0 Å². The molecular weight excluding hydrogens is 430 g/mol. The fraction of sp³-hybridized carbons (Fsp3) is 0.375. The number of rotatable bonds is 8. The average molecular weight is 458 g/mol. The van der Waals surface area contributed by atoms with E-state index in [1.165, 1.54) is 5.56 Å². The van der Waals surface area contributed by atoms with Crippen molar-refractivity contribution in [3.05, 3.63) is 70.7 Å². The van der Waals surface area contributed by atoms with Crippen LogP contribution in [0.15, 0.2) is 54.6 Å². The van der Waals surface area contributed by atoms with Gasteiger partial charge in [-0.05, 0) is 42.4 Å². The van der Waals surface area contributed by atoms with Crippen molar-refractivity contribution in [1.82, 2.24) is 10.2 Å². The number of nitrogens with one attached hydrogen (secondary N) is 1. The maximum absolute atomic E-state index is 12.5. The van der Waals surface area contributed by atoms with E-state index in [4.69, 9.17) is 22.1 Å². The van der Waals surface area contributed by atoms with Gasteiger partial charge in [-0.25, -0.2) is 4.79 Å². The molecule has 1 fully saturated rings. The molecule has 0 aromatic heterocycles. The van der Waals surface area contributed by atoms with Crippen LogP contribution in [0.2, 0.25) is 5.02 Å². The zero-order chi connectivity index (χ0) is 22.9. The molecular formula is C24H28ClN3O4. The number of likely N-dealkylation sites (tertiary alicyclic amines) is 1. The van der Waals surface area contributed by atoms with E-state index in [0.717, 1.165) is 19.3 Å². The first-order valence-electron chi connectivity index (χ1n) is 10.7. The average Bonchev–Trinajstić information content (AvgIpc) is 2.78. The summed E-state index contributed by atoms with van der Waals surface area (Å²) in [5, 5.41) is 2.90. The summed E-state index contributed by atoms with van der Waals surface area (Å²) in [6.45, 7) is 0.979. The largest absolute Gasteiger partial charge is 0.455 e. The Morgan fingerprint density at radius 3 is 2.38 bits per heavy atom. The summed E-state index contributed by atoms with van der Waals surface area (Å²) in [6.07, 6.45) is 2.67. The highest BCUT2D eigenvalue weighted by Gasteiger charge is 2.25. The van der Waals surface area contributed by atoms with Crippen molar-refractivity contribution in [3.63, 3.8) is 0 Å². The number of ether oxygens (including phenoxy) is 1. The molecule has 7 nitrogen and oxygen atoms in total. The Labute approximate surface area is 192 Å². The van der Waals surface area contributed by atoms with E-state index in [0.29, 0.717) is 29.6 Å². The van der Waals surface area contributed by atoms with Crippen molar-refractivity contribution in [2.24, 2.45) is 11.7 Å². The molecule has 0 aliphatic carbocycles. The molecule has 0 bridgehead atoms. The number of nitrogens with two attached hydrogens (primary N) is 1. The number of carbonyl (C=O) groups is 3. The van der Waals surface area contributed by atoms with Gasteiger partial charge in [0.1, 0.15) is 0 Å². The summed E-state index contributed by atoms with van der Waals surface area (Å²) in [5.41, 5.74) is 7.09. The van der Waals surface area contributed by atoms with Crippen molar-refractivity contribution in [1.29, 1.82) is 0 Å². The van der Waals surface area contributed by atoms with E-state index in [1.54, 1.807) is 29.2 Å². The molecule has 32 heavy (non-hydrogen) atoms. The Morgan fingerprint density at radius 1 is 1.06 bits per heavy atom. The highest BCUT2D eigenvalue weighted by molar-refractivity contribution is 6.31. The Bertz CT molecular complexity index is 930. The second-order valence-corrected chi connectivity index (χ2v) is 8.37. The van der Waals surface area contributed by atoms with Crippen LogP contribution in [0.25, 0.3) is 0 Å². The van der Waals surface area contributed by atoms with Crippen LogP contribution in [-0.2, 0) is 20.7 Å². The summed E-state index contributed by atoms with van der Waals surface area (Å²) in [7, 11) is 0. The van der Waals surface area contributed by atoms with Crippen molar-refractivity contribution < 1.29 is 19.1 Å². The topological polar surface area (TPSA) is 102 Å². The number of halogens is 1. The lowest BCUT2D eigenvalue weighted by atomic mass is 9.90. The molecule has 0 unspecified atom stereocenters. The maximum Gasteiger partial charge on any atom is 0.312 e. The number of carbonyl (C=O) groups excluding carboxylic acids is 3. The van der Waals surface area contributed by atoms with Gasteiger partial charge >= 0.3 is 12.0 Å². The van der Waals surface area contributed by atoms with Gasteiger partial charge in [-0.15, -0.1) is 0 Å². The van der Waals surface area contributed by atoms with E-state index in [1.807, 2.05) is 18.2 Å². The minimum absolute atomic E-state index is 0.181. The van der Waals surface area contributed by atoms with E-state index >= 15 is 0 Å². The zero-order valence-corrected chi connectivity index (χ0v) is 18.6. The molecule has 8 heteroatoms. The Kier molecular flexibility index (Phi) is 8.50. The molecule has 3 amide bonds. The van der Waals surface area contributed by atoms with E-state index in [2.05, 4.69) is 17.4 Å². The van der Waals surface area contributed by atoms with Gasteiger partial charge in [0, 0.05) is 18.1 Å². The van der Waals surface area contributed by atoms with Gasteiger partial charge in [0.15, 0.2) is 6.61 Å². The molecule has 1 aliphatic heterocycles. The molecule has 2 aromatic carbocycles. The molecule has 0 saturated carbocycles. The summed E-state index contributed by atoms with van der Waals surface area (Å²) in [5.74, 6) is -0.287. The SMILES string of the molecule is NC(=O)N[C@H](CC(=O)OCC(=O)N1CCC(Cc2ccccc2)CC1)c1ccccc1Cl. The first kappa shape index (κ1) is 23.6. The van der Waals surface area contributed by atoms with Crippen molar-refractivity contribution in [2.45, 2.75) is 31.7 Å². The smallest absolute Gasteiger partial charge is 0.312 e. The third kappa shape index (κ3) is 6.99. The van der Waals surface area contributed by atoms with Gasteiger partial charge in [-0.1, -0.05) is 60.1 Å². The van der Waals surface area contributed by atoms with Gasteiger partial charge in [0.05, 0.1) is 12.5 Å². The van der Waals surface area contributed by atoms with Crippen molar-refractivity contribution in [3.8, 4) is 0 Å². The standard InChI is InChI=1S/C24H28ClN3O4/c25-20-9-5-4-8-19(20)21(27-24(26)31)15-23(30)32-16-22(29)28-12-10-18(11-13-28)14-17-6-2-1-3-7-17/h1-9,18,21H,10-16H2,(H3,26,27,31)/t21-/m1/s1.